The Hall–Kier alpha value is -3.12. The number of H-pyrrole nitrogens is 1. The lowest BCUT2D eigenvalue weighted by molar-refractivity contribution is 0.169. The molecule has 1 N–H and O–H groups in total. The Morgan fingerprint density at radius 1 is 1.03 bits per heavy atom. The second-order valence-corrected chi connectivity index (χ2v) is 8.39. The van der Waals surface area contributed by atoms with Crippen molar-refractivity contribution in [3.63, 3.8) is 0 Å². The summed E-state index contributed by atoms with van der Waals surface area (Å²) < 4.78 is 11.1. The van der Waals surface area contributed by atoms with Gasteiger partial charge in [-0.25, -0.2) is 0 Å². The van der Waals surface area contributed by atoms with Gasteiger partial charge in [0, 0.05) is 30.7 Å². The molecule has 0 unspecified atom stereocenters. The minimum absolute atomic E-state index is 0.0000755. The fourth-order valence-corrected chi connectivity index (χ4v) is 4.58. The molecule has 0 aliphatic carbocycles. The Balaban J connectivity index is 1.16. The molecule has 0 atom stereocenters. The predicted molar refractivity (Wildman–Crippen MR) is 119 cm³/mol. The number of hydrogen-bond donors (Lipinski definition) is 1. The minimum Gasteiger partial charge on any atom is -0.454 e. The van der Waals surface area contributed by atoms with Crippen molar-refractivity contribution in [1.82, 2.24) is 14.9 Å². The molecule has 2 aliphatic rings. The number of aryl methyl sites for hydroxylation is 1. The highest BCUT2D eigenvalue weighted by Gasteiger charge is 2.22. The number of aromatic amines is 1. The van der Waals surface area contributed by atoms with Gasteiger partial charge in [-0.3, -0.25) is 14.7 Å². The van der Waals surface area contributed by atoms with Crippen LogP contribution in [0.25, 0.3) is 11.1 Å². The summed E-state index contributed by atoms with van der Waals surface area (Å²) in [6.45, 7) is 3.07. The zero-order valence-electron chi connectivity index (χ0n) is 17.5. The number of aromatic nitrogens is 2. The molecule has 160 valence electrons. The molecule has 0 saturated carbocycles. The number of para-hydroxylation sites is 1. The van der Waals surface area contributed by atoms with Gasteiger partial charge >= 0.3 is 0 Å². The number of fused-ring (bicyclic) bond motifs is 1. The number of likely N-dealkylation sites (tertiary alicyclic amines) is 1. The van der Waals surface area contributed by atoms with Crippen LogP contribution in [-0.4, -0.2) is 34.8 Å². The lowest BCUT2D eigenvalue weighted by Gasteiger charge is -2.32. The van der Waals surface area contributed by atoms with Crippen molar-refractivity contribution in [3.05, 3.63) is 76.5 Å². The van der Waals surface area contributed by atoms with Gasteiger partial charge in [0.25, 0.3) is 5.56 Å². The second kappa shape index (κ2) is 8.94. The number of nitrogens with zero attached hydrogens (tertiary/aromatic N) is 2. The van der Waals surface area contributed by atoms with E-state index < -0.39 is 0 Å². The summed E-state index contributed by atoms with van der Waals surface area (Å²) in [6.07, 6.45) is 9.82. The molecule has 1 fully saturated rings. The van der Waals surface area contributed by atoms with Crippen molar-refractivity contribution in [2.75, 3.05) is 19.9 Å². The minimum atomic E-state index is 0.0000755. The molecule has 2 aliphatic heterocycles. The Morgan fingerprint density at radius 2 is 1.87 bits per heavy atom. The molecule has 0 spiro atoms. The average molecular weight is 418 g/mol. The molecule has 0 amide bonds. The van der Waals surface area contributed by atoms with Crippen molar-refractivity contribution < 1.29 is 9.47 Å². The van der Waals surface area contributed by atoms with E-state index in [4.69, 9.17) is 9.47 Å². The number of ether oxygens (including phenoxy) is 2. The van der Waals surface area contributed by atoms with Crippen LogP contribution in [-0.2, 0) is 13.0 Å². The van der Waals surface area contributed by atoms with E-state index in [0.717, 1.165) is 67.0 Å². The van der Waals surface area contributed by atoms with E-state index in [2.05, 4.69) is 20.9 Å². The first-order chi connectivity index (χ1) is 15.3. The molecule has 5 rings (SSSR count). The third-order valence-electron chi connectivity index (χ3n) is 6.39. The number of pyridine rings is 2. The Bertz CT molecular complexity index is 1090. The van der Waals surface area contributed by atoms with Crippen LogP contribution < -0.4 is 15.0 Å². The molecule has 6 heteroatoms. The third kappa shape index (κ3) is 4.49. The van der Waals surface area contributed by atoms with Crippen LogP contribution in [0.2, 0.25) is 0 Å². The van der Waals surface area contributed by atoms with E-state index in [1.54, 1.807) is 18.6 Å². The van der Waals surface area contributed by atoms with Gasteiger partial charge in [-0.05, 0) is 85.6 Å². The SMILES string of the molecule is O=c1[nH]cc(-c2ccncc2)cc1CN1CCC(CCc2cccc3c2OCO3)CC1. The maximum atomic E-state index is 12.4. The van der Waals surface area contributed by atoms with Gasteiger partial charge in [0.15, 0.2) is 11.5 Å². The molecule has 1 saturated heterocycles. The predicted octanol–water partition coefficient (Wildman–Crippen LogP) is 4.01. The fraction of sp³-hybridized carbons (Fsp3) is 0.360. The Morgan fingerprint density at radius 3 is 2.71 bits per heavy atom. The van der Waals surface area contributed by atoms with Crippen LogP contribution in [0.4, 0.5) is 0 Å². The summed E-state index contributed by atoms with van der Waals surface area (Å²) in [7, 11) is 0. The lowest BCUT2D eigenvalue weighted by atomic mass is 9.90. The quantitative estimate of drug-likeness (QED) is 0.656. The number of benzene rings is 1. The highest BCUT2D eigenvalue weighted by Crippen LogP contribution is 2.36. The molecular formula is C25H27N3O3. The molecule has 31 heavy (non-hydrogen) atoms. The van der Waals surface area contributed by atoms with Crippen LogP contribution in [0.5, 0.6) is 11.5 Å². The second-order valence-electron chi connectivity index (χ2n) is 8.39. The molecule has 3 aromatic rings. The van der Waals surface area contributed by atoms with Gasteiger partial charge in [0.2, 0.25) is 6.79 Å². The van der Waals surface area contributed by atoms with Gasteiger partial charge in [0.05, 0.1) is 0 Å². The van der Waals surface area contributed by atoms with E-state index in [0.29, 0.717) is 19.3 Å². The van der Waals surface area contributed by atoms with E-state index in [9.17, 15) is 4.79 Å². The summed E-state index contributed by atoms with van der Waals surface area (Å²) in [5, 5.41) is 0. The first-order valence-electron chi connectivity index (χ1n) is 11.0. The largest absolute Gasteiger partial charge is 0.454 e. The van der Waals surface area contributed by atoms with Gasteiger partial charge in [-0.15, -0.1) is 0 Å². The van der Waals surface area contributed by atoms with Gasteiger partial charge in [-0.1, -0.05) is 12.1 Å². The first kappa shape index (κ1) is 19.8. The highest BCUT2D eigenvalue weighted by atomic mass is 16.7. The van der Waals surface area contributed by atoms with Crippen molar-refractivity contribution in [1.29, 1.82) is 0 Å². The average Bonchev–Trinajstić information content (AvgIpc) is 3.30. The number of hydrogen-bond acceptors (Lipinski definition) is 5. The topological polar surface area (TPSA) is 67.5 Å². The van der Waals surface area contributed by atoms with Crippen molar-refractivity contribution in [2.24, 2.45) is 5.92 Å². The standard InChI is InChI=1S/C25H27N3O3/c29-25-22(14-21(15-27-25)19-6-10-26-11-7-19)16-28-12-8-18(9-13-28)4-5-20-2-1-3-23-24(20)31-17-30-23/h1-3,6-7,10-11,14-15,18H,4-5,8-9,12-13,16-17H2,(H,27,29). The number of nitrogens with one attached hydrogen (secondary N) is 1. The monoisotopic (exact) mass is 417 g/mol. The summed E-state index contributed by atoms with van der Waals surface area (Å²) in [6, 6.07) is 12.1. The Labute approximate surface area is 181 Å². The van der Waals surface area contributed by atoms with Crippen molar-refractivity contribution >= 4 is 0 Å². The summed E-state index contributed by atoms with van der Waals surface area (Å²) >= 11 is 0. The van der Waals surface area contributed by atoms with E-state index in [1.165, 1.54) is 5.56 Å². The van der Waals surface area contributed by atoms with E-state index in [-0.39, 0.29) is 5.56 Å². The zero-order valence-corrected chi connectivity index (χ0v) is 17.5. The van der Waals surface area contributed by atoms with Crippen LogP contribution in [0, 0.1) is 5.92 Å². The molecular weight excluding hydrogens is 390 g/mol. The molecule has 0 bridgehead atoms. The Kier molecular flexibility index (Phi) is 5.71. The van der Waals surface area contributed by atoms with Gasteiger partial charge < -0.3 is 14.5 Å². The maximum absolute atomic E-state index is 12.4. The molecule has 4 heterocycles. The number of piperidine rings is 1. The molecule has 2 aromatic heterocycles. The van der Waals surface area contributed by atoms with Crippen LogP contribution >= 0.6 is 0 Å². The van der Waals surface area contributed by atoms with Gasteiger partial charge in [-0.2, -0.15) is 0 Å². The fourth-order valence-electron chi connectivity index (χ4n) is 4.58. The highest BCUT2D eigenvalue weighted by molar-refractivity contribution is 5.62. The maximum Gasteiger partial charge on any atom is 0.252 e. The van der Waals surface area contributed by atoms with Crippen LogP contribution in [0.15, 0.2) is 59.8 Å². The normalized spacial score (nSPS) is 16.5. The third-order valence-corrected chi connectivity index (χ3v) is 6.39. The van der Waals surface area contributed by atoms with Crippen LogP contribution in [0.1, 0.15) is 30.4 Å². The number of rotatable bonds is 6. The first-order valence-corrected chi connectivity index (χ1v) is 11.0. The zero-order chi connectivity index (χ0) is 21.0. The molecule has 1 aromatic carbocycles. The smallest absolute Gasteiger partial charge is 0.252 e. The van der Waals surface area contributed by atoms with E-state index >= 15 is 0 Å². The van der Waals surface area contributed by atoms with Gasteiger partial charge in [0.1, 0.15) is 0 Å². The molecule has 0 radical (unpaired) electrons. The summed E-state index contributed by atoms with van der Waals surface area (Å²) in [5.74, 6) is 2.50. The van der Waals surface area contributed by atoms with Crippen molar-refractivity contribution in [2.45, 2.75) is 32.2 Å². The summed E-state index contributed by atoms with van der Waals surface area (Å²) in [4.78, 5) is 21.7. The summed E-state index contributed by atoms with van der Waals surface area (Å²) in [5.41, 5.74) is 4.16. The molecule has 6 nitrogen and oxygen atoms in total. The van der Waals surface area contributed by atoms with Crippen molar-refractivity contribution in [3.8, 4) is 22.6 Å². The van der Waals surface area contributed by atoms with Crippen LogP contribution in [0.3, 0.4) is 0 Å². The lowest BCUT2D eigenvalue weighted by Crippen LogP contribution is -2.35. The van der Waals surface area contributed by atoms with E-state index in [1.807, 2.05) is 30.3 Å².